The molecule has 0 fully saturated rings. The fraction of sp³-hybridized carbons (Fsp3) is 0.278. The molecule has 1 aromatic carbocycles. The van der Waals surface area contributed by atoms with Crippen molar-refractivity contribution in [1.82, 2.24) is 15.6 Å². The summed E-state index contributed by atoms with van der Waals surface area (Å²) in [5.74, 6) is -0.614. The van der Waals surface area contributed by atoms with Gasteiger partial charge in [0, 0.05) is 26.8 Å². The lowest BCUT2D eigenvalue weighted by molar-refractivity contribution is 0.0940. The van der Waals surface area contributed by atoms with Crippen molar-refractivity contribution in [2.75, 3.05) is 20.3 Å². The van der Waals surface area contributed by atoms with Gasteiger partial charge in [-0.1, -0.05) is 36.4 Å². The fourth-order valence-corrected chi connectivity index (χ4v) is 2.07. The number of aromatic nitrogens is 1. The molecule has 0 aliphatic heterocycles. The van der Waals surface area contributed by atoms with E-state index in [2.05, 4.69) is 15.6 Å². The van der Waals surface area contributed by atoms with E-state index in [-0.39, 0.29) is 23.2 Å². The number of pyridine rings is 1. The van der Waals surface area contributed by atoms with Crippen molar-refractivity contribution < 1.29 is 14.3 Å². The van der Waals surface area contributed by atoms with Gasteiger partial charge in [-0.3, -0.25) is 9.59 Å². The predicted octanol–water partition coefficient (Wildman–Crippen LogP) is 1.78. The van der Waals surface area contributed by atoms with Gasteiger partial charge in [0.25, 0.3) is 11.8 Å². The highest BCUT2D eigenvalue weighted by molar-refractivity contribution is 5.96. The van der Waals surface area contributed by atoms with Gasteiger partial charge in [0.15, 0.2) is 0 Å². The third kappa shape index (κ3) is 5.48. The van der Waals surface area contributed by atoms with E-state index >= 15 is 0 Å². The number of amides is 2. The van der Waals surface area contributed by atoms with E-state index in [4.69, 9.17) is 4.74 Å². The maximum atomic E-state index is 12.2. The summed E-state index contributed by atoms with van der Waals surface area (Å²) in [4.78, 5) is 28.3. The molecule has 1 aromatic heterocycles. The smallest absolute Gasteiger partial charge is 0.270 e. The Morgan fingerprint density at radius 2 is 1.62 bits per heavy atom. The summed E-state index contributed by atoms with van der Waals surface area (Å²) in [5.41, 5.74) is 1.44. The van der Waals surface area contributed by atoms with Gasteiger partial charge in [-0.25, -0.2) is 4.98 Å². The number of carbonyl (C=O) groups is 2. The second-order valence-electron chi connectivity index (χ2n) is 5.18. The lowest BCUT2D eigenvalue weighted by Gasteiger charge is -2.07. The van der Waals surface area contributed by atoms with Gasteiger partial charge >= 0.3 is 0 Å². The Morgan fingerprint density at radius 3 is 2.29 bits per heavy atom. The molecule has 24 heavy (non-hydrogen) atoms. The predicted molar refractivity (Wildman–Crippen MR) is 90.7 cm³/mol. The molecule has 0 saturated heterocycles. The van der Waals surface area contributed by atoms with Crippen molar-refractivity contribution in [3.63, 3.8) is 0 Å². The van der Waals surface area contributed by atoms with Gasteiger partial charge in [-0.2, -0.15) is 0 Å². The second kappa shape index (κ2) is 9.42. The third-order valence-corrected chi connectivity index (χ3v) is 3.32. The lowest BCUT2D eigenvalue weighted by Crippen LogP contribution is -2.28. The van der Waals surface area contributed by atoms with E-state index in [1.807, 2.05) is 30.3 Å². The van der Waals surface area contributed by atoms with E-state index in [0.29, 0.717) is 19.7 Å². The molecule has 2 N–H and O–H groups in total. The monoisotopic (exact) mass is 327 g/mol. The van der Waals surface area contributed by atoms with Crippen LogP contribution in [0.2, 0.25) is 0 Å². The molecule has 2 rings (SSSR count). The zero-order chi connectivity index (χ0) is 17.2. The average Bonchev–Trinajstić information content (AvgIpc) is 2.64. The summed E-state index contributed by atoms with van der Waals surface area (Å²) in [5, 5.41) is 5.54. The molecule has 126 valence electrons. The first-order chi connectivity index (χ1) is 11.7. The van der Waals surface area contributed by atoms with Gasteiger partial charge in [0.2, 0.25) is 0 Å². The molecular formula is C18H21N3O3. The first kappa shape index (κ1) is 17.6. The number of ether oxygens (including phenoxy) is 1. The highest BCUT2D eigenvalue weighted by atomic mass is 16.5. The summed E-state index contributed by atoms with van der Waals surface area (Å²) in [6, 6.07) is 14.4. The van der Waals surface area contributed by atoms with Crippen LogP contribution in [0.3, 0.4) is 0 Å². The van der Waals surface area contributed by atoms with E-state index in [1.165, 1.54) is 0 Å². The molecule has 0 spiro atoms. The van der Waals surface area contributed by atoms with Crippen LogP contribution in [-0.2, 0) is 11.3 Å². The number of rotatable bonds is 8. The molecule has 2 aromatic rings. The standard InChI is InChI=1S/C18H21N3O3/c1-24-12-6-11-19-17(22)15-9-5-10-16(21-15)18(23)20-13-14-7-3-2-4-8-14/h2-5,7-10H,6,11-13H2,1H3,(H,19,22)(H,20,23). The molecule has 0 atom stereocenters. The molecule has 0 bridgehead atoms. The molecule has 0 unspecified atom stereocenters. The zero-order valence-corrected chi connectivity index (χ0v) is 13.6. The average molecular weight is 327 g/mol. The van der Waals surface area contributed by atoms with Crippen LogP contribution < -0.4 is 10.6 Å². The number of benzene rings is 1. The van der Waals surface area contributed by atoms with E-state index in [1.54, 1.807) is 25.3 Å². The minimum Gasteiger partial charge on any atom is -0.385 e. The molecule has 0 aliphatic rings. The van der Waals surface area contributed by atoms with Gasteiger partial charge < -0.3 is 15.4 Å². The van der Waals surface area contributed by atoms with Gasteiger partial charge in [0.1, 0.15) is 11.4 Å². The third-order valence-electron chi connectivity index (χ3n) is 3.32. The summed E-state index contributed by atoms with van der Waals surface area (Å²) in [6.07, 6.45) is 0.722. The molecule has 0 saturated carbocycles. The summed E-state index contributed by atoms with van der Waals surface area (Å²) < 4.78 is 4.92. The van der Waals surface area contributed by atoms with Gasteiger partial charge in [0.05, 0.1) is 0 Å². The fourth-order valence-electron chi connectivity index (χ4n) is 2.07. The second-order valence-corrected chi connectivity index (χ2v) is 5.18. The molecular weight excluding hydrogens is 306 g/mol. The summed E-state index contributed by atoms with van der Waals surface area (Å²) in [6.45, 7) is 1.49. The van der Waals surface area contributed by atoms with Gasteiger partial charge in [-0.15, -0.1) is 0 Å². The Labute approximate surface area is 141 Å². The van der Waals surface area contributed by atoms with Crippen LogP contribution in [-0.4, -0.2) is 37.1 Å². The number of nitrogens with one attached hydrogen (secondary N) is 2. The Balaban J connectivity index is 1.91. The highest BCUT2D eigenvalue weighted by Gasteiger charge is 2.11. The normalized spacial score (nSPS) is 10.2. The molecule has 6 heteroatoms. The van der Waals surface area contributed by atoms with Gasteiger partial charge in [-0.05, 0) is 24.1 Å². The zero-order valence-electron chi connectivity index (χ0n) is 13.6. The Kier molecular flexibility index (Phi) is 6.91. The molecule has 2 amide bonds. The first-order valence-electron chi connectivity index (χ1n) is 7.77. The van der Waals surface area contributed by atoms with E-state index < -0.39 is 0 Å². The lowest BCUT2D eigenvalue weighted by atomic mass is 10.2. The number of methoxy groups -OCH3 is 1. The summed E-state index contributed by atoms with van der Waals surface area (Å²) in [7, 11) is 1.61. The number of nitrogens with zero attached hydrogens (tertiary/aromatic N) is 1. The minimum atomic E-state index is -0.312. The SMILES string of the molecule is COCCCNC(=O)c1cccc(C(=O)NCc2ccccc2)n1. The maximum Gasteiger partial charge on any atom is 0.270 e. The van der Waals surface area contributed by atoms with Crippen LogP contribution in [0, 0.1) is 0 Å². The molecule has 1 heterocycles. The Bertz CT molecular complexity index is 674. The Hall–Kier alpha value is -2.73. The minimum absolute atomic E-state index is 0.218. The van der Waals surface area contributed by atoms with Crippen LogP contribution in [0.1, 0.15) is 33.0 Å². The quantitative estimate of drug-likeness (QED) is 0.724. The molecule has 6 nitrogen and oxygen atoms in total. The highest BCUT2D eigenvalue weighted by Crippen LogP contribution is 2.02. The van der Waals surface area contributed by atoms with Crippen molar-refractivity contribution in [1.29, 1.82) is 0 Å². The number of hydrogen-bond donors (Lipinski definition) is 2. The number of hydrogen-bond acceptors (Lipinski definition) is 4. The Morgan fingerprint density at radius 1 is 0.958 bits per heavy atom. The first-order valence-corrected chi connectivity index (χ1v) is 7.77. The van der Waals surface area contributed by atoms with E-state index in [9.17, 15) is 9.59 Å². The molecule has 0 aliphatic carbocycles. The van der Waals surface area contributed by atoms with E-state index in [0.717, 1.165) is 12.0 Å². The largest absolute Gasteiger partial charge is 0.385 e. The van der Waals surface area contributed by atoms with Crippen molar-refractivity contribution in [3.05, 3.63) is 65.5 Å². The van der Waals surface area contributed by atoms with Crippen LogP contribution >= 0.6 is 0 Å². The van der Waals surface area contributed by atoms with Crippen LogP contribution in [0.4, 0.5) is 0 Å². The van der Waals surface area contributed by atoms with Crippen molar-refractivity contribution in [2.45, 2.75) is 13.0 Å². The topological polar surface area (TPSA) is 80.3 Å². The maximum absolute atomic E-state index is 12.2. The van der Waals surface area contributed by atoms with Crippen molar-refractivity contribution in [2.24, 2.45) is 0 Å². The number of carbonyl (C=O) groups excluding carboxylic acids is 2. The van der Waals surface area contributed by atoms with Crippen LogP contribution in [0.25, 0.3) is 0 Å². The molecule has 0 radical (unpaired) electrons. The van der Waals surface area contributed by atoms with Crippen LogP contribution in [0.15, 0.2) is 48.5 Å². The van der Waals surface area contributed by atoms with Crippen LogP contribution in [0.5, 0.6) is 0 Å². The van der Waals surface area contributed by atoms with Crippen molar-refractivity contribution in [3.8, 4) is 0 Å². The summed E-state index contributed by atoms with van der Waals surface area (Å²) >= 11 is 0. The van der Waals surface area contributed by atoms with Crippen molar-refractivity contribution >= 4 is 11.8 Å².